The van der Waals surface area contributed by atoms with Gasteiger partial charge in [0.15, 0.2) is 0 Å². The summed E-state index contributed by atoms with van der Waals surface area (Å²) in [5.74, 6) is 0.0206. The summed E-state index contributed by atoms with van der Waals surface area (Å²) in [6.45, 7) is 9.36. The highest BCUT2D eigenvalue weighted by molar-refractivity contribution is 5.96. The minimum Gasteiger partial charge on any atom is -0.444 e. The zero-order valence-corrected chi connectivity index (χ0v) is 14.0. The van der Waals surface area contributed by atoms with E-state index in [0.717, 1.165) is 0 Å². The van der Waals surface area contributed by atoms with Gasteiger partial charge in [-0.1, -0.05) is 32.0 Å². The number of ether oxygens (including phenoxy) is 1. The average Bonchev–Trinajstić information content (AvgIpc) is 2.36. The predicted octanol–water partition coefficient (Wildman–Crippen LogP) is 3.56. The number of nitrogens with one attached hydrogen (secondary N) is 2. The van der Waals surface area contributed by atoms with E-state index in [0.29, 0.717) is 12.1 Å². The summed E-state index contributed by atoms with van der Waals surface area (Å²) in [6, 6.07) is 8.54. The Kier molecular flexibility index (Phi) is 6.40. The van der Waals surface area contributed by atoms with Gasteiger partial charge in [0.05, 0.1) is 0 Å². The normalized spacial score (nSPS) is 12.6. The lowest BCUT2D eigenvalue weighted by molar-refractivity contribution is -0.118. The molecule has 1 unspecified atom stereocenters. The van der Waals surface area contributed by atoms with Crippen molar-refractivity contribution in [2.45, 2.75) is 52.7 Å². The molecule has 122 valence electrons. The van der Waals surface area contributed by atoms with Crippen LogP contribution in [0.2, 0.25) is 0 Å². The van der Waals surface area contributed by atoms with E-state index < -0.39 is 17.7 Å². The summed E-state index contributed by atoms with van der Waals surface area (Å²) in [5.41, 5.74) is 0.106. The van der Waals surface area contributed by atoms with E-state index in [2.05, 4.69) is 10.6 Å². The number of alkyl carbamates (subject to hydrolysis) is 1. The van der Waals surface area contributed by atoms with Gasteiger partial charge in [0.1, 0.15) is 11.6 Å². The van der Waals surface area contributed by atoms with Crippen LogP contribution in [0.25, 0.3) is 0 Å². The topological polar surface area (TPSA) is 67.4 Å². The molecule has 0 aliphatic heterocycles. The van der Waals surface area contributed by atoms with Crippen LogP contribution in [-0.2, 0) is 9.53 Å². The van der Waals surface area contributed by atoms with Gasteiger partial charge in [-0.2, -0.15) is 0 Å². The van der Waals surface area contributed by atoms with E-state index in [1.54, 1.807) is 32.9 Å². The first-order valence-corrected chi connectivity index (χ1v) is 7.53. The number of anilines is 1. The molecule has 1 aromatic rings. The molecule has 5 heteroatoms. The molecule has 0 fully saturated rings. The summed E-state index contributed by atoms with van der Waals surface area (Å²) < 4.78 is 5.22. The van der Waals surface area contributed by atoms with Crippen LogP contribution in [0.4, 0.5) is 10.5 Å². The molecule has 1 aromatic carbocycles. The van der Waals surface area contributed by atoms with Crippen molar-refractivity contribution in [1.82, 2.24) is 5.32 Å². The van der Waals surface area contributed by atoms with Crippen LogP contribution in [-0.4, -0.2) is 23.6 Å². The molecule has 0 aliphatic carbocycles. The number of amides is 2. The first-order chi connectivity index (χ1) is 10.2. The van der Waals surface area contributed by atoms with Crippen molar-refractivity contribution in [2.24, 2.45) is 5.92 Å². The highest BCUT2D eigenvalue weighted by Gasteiger charge is 2.25. The molecule has 0 saturated carbocycles. The highest BCUT2D eigenvalue weighted by Crippen LogP contribution is 2.12. The number of benzene rings is 1. The van der Waals surface area contributed by atoms with Gasteiger partial charge >= 0.3 is 6.09 Å². The molecule has 5 nitrogen and oxygen atoms in total. The van der Waals surface area contributed by atoms with Crippen LogP contribution < -0.4 is 10.6 Å². The molecule has 0 radical (unpaired) electrons. The third kappa shape index (κ3) is 7.11. The molecule has 0 heterocycles. The van der Waals surface area contributed by atoms with Crippen molar-refractivity contribution >= 4 is 17.7 Å². The molecular weight excluding hydrogens is 280 g/mol. The second-order valence-corrected chi connectivity index (χ2v) is 6.68. The number of rotatable bonds is 5. The standard InChI is InChI=1S/C17H26N2O3/c1-12(2)11-14(19-16(21)22-17(3,4)5)15(20)18-13-9-7-6-8-10-13/h6-10,12,14H,11H2,1-5H3,(H,18,20)(H,19,21). The van der Waals surface area contributed by atoms with Crippen LogP contribution in [0.1, 0.15) is 41.0 Å². The first kappa shape index (κ1) is 18.0. The molecule has 0 spiro atoms. The Morgan fingerprint density at radius 2 is 1.73 bits per heavy atom. The lowest BCUT2D eigenvalue weighted by Gasteiger charge is -2.24. The Morgan fingerprint density at radius 3 is 2.23 bits per heavy atom. The van der Waals surface area contributed by atoms with Crippen molar-refractivity contribution in [3.05, 3.63) is 30.3 Å². The fraction of sp³-hybridized carbons (Fsp3) is 0.529. The van der Waals surface area contributed by atoms with Gasteiger partial charge < -0.3 is 15.4 Å². The number of hydrogen-bond acceptors (Lipinski definition) is 3. The third-order valence-electron chi connectivity index (χ3n) is 2.76. The van der Waals surface area contributed by atoms with Crippen molar-refractivity contribution in [1.29, 1.82) is 0 Å². The monoisotopic (exact) mass is 306 g/mol. The molecule has 0 aromatic heterocycles. The van der Waals surface area contributed by atoms with E-state index in [-0.39, 0.29) is 11.8 Å². The molecule has 1 atom stereocenters. The number of hydrogen-bond donors (Lipinski definition) is 2. The van der Waals surface area contributed by atoms with Gasteiger partial charge in [-0.05, 0) is 45.2 Å². The number of para-hydroxylation sites is 1. The molecular formula is C17H26N2O3. The predicted molar refractivity (Wildman–Crippen MR) is 87.7 cm³/mol. The zero-order valence-electron chi connectivity index (χ0n) is 14.0. The fourth-order valence-corrected chi connectivity index (χ4v) is 1.90. The molecule has 0 aliphatic rings. The second kappa shape index (κ2) is 7.82. The van der Waals surface area contributed by atoms with E-state index in [4.69, 9.17) is 4.74 Å². The van der Waals surface area contributed by atoms with Crippen LogP contribution >= 0.6 is 0 Å². The maximum atomic E-state index is 12.4. The van der Waals surface area contributed by atoms with Crippen molar-refractivity contribution < 1.29 is 14.3 Å². The minimum absolute atomic E-state index is 0.245. The molecule has 2 N–H and O–H groups in total. The highest BCUT2D eigenvalue weighted by atomic mass is 16.6. The summed E-state index contributed by atoms with van der Waals surface area (Å²) in [6.07, 6.45) is -0.0425. The summed E-state index contributed by atoms with van der Waals surface area (Å²) in [7, 11) is 0. The van der Waals surface area contributed by atoms with Crippen LogP contribution in [0.15, 0.2) is 30.3 Å². The average molecular weight is 306 g/mol. The maximum Gasteiger partial charge on any atom is 0.408 e. The largest absolute Gasteiger partial charge is 0.444 e. The summed E-state index contributed by atoms with van der Waals surface area (Å²) >= 11 is 0. The van der Waals surface area contributed by atoms with Crippen molar-refractivity contribution in [3.8, 4) is 0 Å². The Bertz CT molecular complexity index is 492. The molecule has 22 heavy (non-hydrogen) atoms. The lowest BCUT2D eigenvalue weighted by atomic mass is 10.0. The summed E-state index contributed by atoms with van der Waals surface area (Å²) in [5, 5.41) is 5.46. The summed E-state index contributed by atoms with van der Waals surface area (Å²) in [4.78, 5) is 24.3. The quantitative estimate of drug-likeness (QED) is 0.874. The van der Waals surface area contributed by atoms with Crippen LogP contribution in [0.3, 0.4) is 0 Å². The van der Waals surface area contributed by atoms with Gasteiger partial charge in [-0.15, -0.1) is 0 Å². The van der Waals surface area contributed by atoms with E-state index in [1.165, 1.54) is 0 Å². The fourth-order valence-electron chi connectivity index (χ4n) is 1.90. The van der Waals surface area contributed by atoms with Crippen molar-refractivity contribution in [3.63, 3.8) is 0 Å². The van der Waals surface area contributed by atoms with E-state index in [1.807, 2.05) is 32.0 Å². The molecule has 0 saturated heterocycles. The smallest absolute Gasteiger partial charge is 0.408 e. The van der Waals surface area contributed by atoms with E-state index in [9.17, 15) is 9.59 Å². The third-order valence-corrected chi connectivity index (χ3v) is 2.76. The Balaban J connectivity index is 2.71. The van der Waals surface area contributed by atoms with Gasteiger partial charge in [0.25, 0.3) is 0 Å². The maximum absolute atomic E-state index is 12.4. The second-order valence-electron chi connectivity index (χ2n) is 6.68. The Labute approximate surface area is 132 Å². The minimum atomic E-state index is -0.630. The first-order valence-electron chi connectivity index (χ1n) is 7.53. The van der Waals surface area contributed by atoms with Gasteiger partial charge in [0, 0.05) is 5.69 Å². The number of carbonyl (C=O) groups excluding carboxylic acids is 2. The zero-order chi connectivity index (χ0) is 16.8. The number of carbonyl (C=O) groups is 2. The Hall–Kier alpha value is -2.04. The van der Waals surface area contributed by atoms with Crippen LogP contribution in [0.5, 0.6) is 0 Å². The van der Waals surface area contributed by atoms with Gasteiger partial charge in [-0.3, -0.25) is 4.79 Å². The van der Waals surface area contributed by atoms with Crippen LogP contribution in [0, 0.1) is 5.92 Å². The SMILES string of the molecule is CC(C)CC(NC(=O)OC(C)(C)C)C(=O)Nc1ccccc1. The molecule has 2 amide bonds. The lowest BCUT2D eigenvalue weighted by Crippen LogP contribution is -2.46. The Morgan fingerprint density at radius 1 is 1.14 bits per heavy atom. The molecule has 1 rings (SSSR count). The van der Waals surface area contributed by atoms with Gasteiger partial charge in [-0.25, -0.2) is 4.79 Å². The van der Waals surface area contributed by atoms with Crippen molar-refractivity contribution in [2.75, 3.05) is 5.32 Å². The van der Waals surface area contributed by atoms with Gasteiger partial charge in [0.2, 0.25) is 5.91 Å². The molecule has 0 bridgehead atoms. The van der Waals surface area contributed by atoms with E-state index >= 15 is 0 Å².